The quantitative estimate of drug-likeness (QED) is 0.302. The highest BCUT2D eigenvalue weighted by Crippen LogP contribution is 2.43. The average Bonchev–Trinajstić information content (AvgIpc) is 2.88. The van der Waals surface area contributed by atoms with Gasteiger partial charge in [0.2, 0.25) is 5.91 Å². The molecule has 0 aromatic heterocycles. The number of anilines is 1. The minimum Gasteiger partial charge on any atom is -0.323 e. The molecule has 1 amide bonds. The molecule has 0 heterocycles. The van der Waals surface area contributed by atoms with E-state index in [4.69, 9.17) is 0 Å². The number of hydrogen-bond acceptors (Lipinski definition) is 1. The van der Waals surface area contributed by atoms with E-state index in [9.17, 15) is 4.79 Å². The van der Waals surface area contributed by atoms with E-state index in [-0.39, 0.29) is 11.3 Å². The molecule has 2 aromatic rings. The predicted molar refractivity (Wildman–Crippen MR) is 162 cm³/mol. The molecule has 0 saturated carbocycles. The van der Waals surface area contributed by atoms with Crippen molar-refractivity contribution in [2.75, 3.05) is 5.32 Å². The average molecular weight is 494 g/mol. The number of nitrogens with one attached hydrogen (secondary N) is 1. The summed E-state index contributed by atoms with van der Waals surface area (Å²) in [5.41, 5.74) is 8.47. The van der Waals surface area contributed by atoms with Crippen molar-refractivity contribution < 1.29 is 4.79 Å². The van der Waals surface area contributed by atoms with Crippen molar-refractivity contribution in [1.82, 2.24) is 0 Å². The Kier molecular flexibility index (Phi) is 11.8. The third-order valence-corrected chi connectivity index (χ3v) is 6.41. The molecular formula is C35H43NO. The Morgan fingerprint density at radius 3 is 2.16 bits per heavy atom. The maximum absolute atomic E-state index is 12.2. The second-order valence-corrected chi connectivity index (χ2v) is 9.85. The zero-order chi connectivity index (χ0) is 27.3. The Hall–Kier alpha value is -3.65. The zero-order valence-electron chi connectivity index (χ0n) is 23.6. The number of carbonyl (C=O) groups excluding carboxylic acids is 1. The minimum absolute atomic E-state index is 0.125. The Bertz CT molecular complexity index is 1200. The monoisotopic (exact) mass is 493 g/mol. The molecule has 0 aliphatic heterocycles. The van der Waals surface area contributed by atoms with Crippen molar-refractivity contribution in [1.29, 1.82) is 0 Å². The number of benzene rings is 2. The van der Waals surface area contributed by atoms with Gasteiger partial charge in [0.15, 0.2) is 0 Å². The van der Waals surface area contributed by atoms with Crippen LogP contribution in [-0.2, 0) is 4.79 Å². The lowest BCUT2D eigenvalue weighted by molar-refractivity contribution is -0.111. The van der Waals surface area contributed by atoms with Gasteiger partial charge in [0.1, 0.15) is 0 Å². The van der Waals surface area contributed by atoms with Crippen LogP contribution < -0.4 is 5.32 Å². The maximum atomic E-state index is 12.2. The van der Waals surface area contributed by atoms with Crippen LogP contribution in [0.15, 0.2) is 125 Å². The van der Waals surface area contributed by atoms with Crippen LogP contribution in [0.5, 0.6) is 0 Å². The minimum atomic E-state index is -0.125. The first-order chi connectivity index (χ1) is 17.7. The first-order valence-corrected chi connectivity index (χ1v) is 13.3. The molecule has 37 heavy (non-hydrogen) atoms. The lowest BCUT2D eigenvalue weighted by Gasteiger charge is -2.34. The fraction of sp³-hybridized carbons (Fsp3) is 0.286. The summed E-state index contributed by atoms with van der Waals surface area (Å²) in [6.07, 6.45) is 16.7. The van der Waals surface area contributed by atoms with Crippen molar-refractivity contribution in [2.45, 2.75) is 61.3 Å². The molecular weight excluding hydrogens is 450 g/mol. The standard InChI is InChI=1S/C33H37NO.C2H6/c1-25(13-12-14-26(2)23-32(35)34-30-17-10-7-11-18-30)19-20-31-27(3)29(21-22-33(31,4)5)24-28-15-8-6-9-16-28;1-2/h6-20,23-24H,21-22H2,1-5H3,(H,34,35);1-2H3/b14-12+,20-19+,25-13+,26-23-,29-24+;. The fourth-order valence-electron chi connectivity index (χ4n) is 4.31. The van der Waals surface area contributed by atoms with E-state index in [2.05, 4.69) is 87.6 Å². The highest BCUT2D eigenvalue weighted by Gasteiger charge is 2.28. The predicted octanol–water partition coefficient (Wildman–Crippen LogP) is 9.88. The van der Waals surface area contributed by atoms with E-state index in [0.29, 0.717) is 0 Å². The SMILES string of the molecule is CC.CC1=C(/C=C/C(C)=C/C=C/C(C)=C\C(=O)Nc2ccccc2)C(C)(C)CC/C1=C\c1ccccc1. The number of hydrogen-bond donors (Lipinski definition) is 1. The van der Waals surface area contributed by atoms with Crippen molar-refractivity contribution >= 4 is 17.7 Å². The van der Waals surface area contributed by atoms with Crippen LogP contribution in [0.25, 0.3) is 6.08 Å². The highest BCUT2D eigenvalue weighted by atomic mass is 16.1. The third-order valence-electron chi connectivity index (χ3n) is 6.41. The van der Waals surface area contributed by atoms with Gasteiger partial charge in [-0.2, -0.15) is 0 Å². The molecule has 0 radical (unpaired) electrons. The summed E-state index contributed by atoms with van der Waals surface area (Å²) >= 11 is 0. The molecule has 1 aliphatic carbocycles. The molecule has 2 nitrogen and oxygen atoms in total. The first-order valence-electron chi connectivity index (χ1n) is 13.3. The van der Waals surface area contributed by atoms with Crippen molar-refractivity contribution in [3.63, 3.8) is 0 Å². The van der Waals surface area contributed by atoms with E-state index in [1.165, 1.54) is 22.3 Å². The molecule has 0 unspecified atom stereocenters. The first kappa shape index (κ1) is 29.6. The van der Waals surface area contributed by atoms with Gasteiger partial charge >= 0.3 is 0 Å². The summed E-state index contributed by atoms with van der Waals surface area (Å²) < 4.78 is 0. The van der Waals surface area contributed by atoms with Gasteiger partial charge in [0, 0.05) is 11.8 Å². The molecule has 0 spiro atoms. The Labute approximate surface area is 224 Å². The topological polar surface area (TPSA) is 29.1 Å². The molecule has 2 heteroatoms. The number of amides is 1. The van der Waals surface area contributed by atoms with Crippen molar-refractivity contribution in [3.05, 3.63) is 131 Å². The highest BCUT2D eigenvalue weighted by molar-refractivity contribution is 5.99. The summed E-state index contributed by atoms with van der Waals surface area (Å²) in [6, 6.07) is 20.0. The Morgan fingerprint density at radius 1 is 0.892 bits per heavy atom. The van der Waals surface area contributed by atoms with Gasteiger partial charge in [0.05, 0.1) is 0 Å². The van der Waals surface area contributed by atoms with Crippen LogP contribution in [0.4, 0.5) is 5.69 Å². The second-order valence-electron chi connectivity index (χ2n) is 9.85. The summed E-state index contributed by atoms with van der Waals surface area (Å²) in [4.78, 5) is 12.2. The van der Waals surface area contributed by atoms with E-state index in [1.54, 1.807) is 6.08 Å². The summed E-state index contributed by atoms with van der Waals surface area (Å²) in [5.74, 6) is -0.125. The number of allylic oxidation sites excluding steroid dienone is 10. The van der Waals surface area contributed by atoms with Crippen LogP contribution in [0, 0.1) is 5.41 Å². The van der Waals surface area contributed by atoms with Gasteiger partial charge in [-0.1, -0.05) is 118 Å². The summed E-state index contributed by atoms with van der Waals surface area (Å²) in [7, 11) is 0. The summed E-state index contributed by atoms with van der Waals surface area (Å²) in [5, 5.41) is 2.87. The van der Waals surface area contributed by atoms with E-state index >= 15 is 0 Å². The van der Waals surface area contributed by atoms with Gasteiger partial charge in [-0.15, -0.1) is 0 Å². The zero-order valence-corrected chi connectivity index (χ0v) is 23.6. The molecule has 0 fully saturated rings. The van der Waals surface area contributed by atoms with Gasteiger partial charge in [-0.25, -0.2) is 0 Å². The van der Waals surface area contributed by atoms with E-state index in [0.717, 1.165) is 29.7 Å². The van der Waals surface area contributed by atoms with Crippen LogP contribution >= 0.6 is 0 Å². The molecule has 1 aliphatic rings. The molecule has 0 bridgehead atoms. The normalized spacial score (nSPS) is 17.2. The lowest BCUT2D eigenvalue weighted by Crippen LogP contribution is -2.20. The van der Waals surface area contributed by atoms with Crippen LogP contribution in [0.2, 0.25) is 0 Å². The smallest absolute Gasteiger partial charge is 0.248 e. The molecule has 0 atom stereocenters. The third kappa shape index (κ3) is 9.73. The van der Waals surface area contributed by atoms with Crippen LogP contribution in [-0.4, -0.2) is 5.91 Å². The largest absolute Gasteiger partial charge is 0.323 e. The Balaban J connectivity index is 0.00000235. The van der Waals surface area contributed by atoms with Crippen molar-refractivity contribution in [3.8, 4) is 0 Å². The molecule has 1 N–H and O–H groups in total. The van der Waals surface area contributed by atoms with Crippen molar-refractivity contribution in [2.24, 2.45) is 5.41 Å². The van der Waals surface area contributed by atoms with Gasteiger partial charge in [-0.3, -0.25) is 4.79 Å². The number of para-hydroxylation sites is 1. The van der Waals surface area contributed by atoms with Crippen LogP contribution in [0.1, 0.15) is 66.9 Å². The Morgan fingerprint density at radius 2 is 1.51 bits per heavy atom. The maximum Gasteiger partial charge on any atom is 0.248 e. The fourth-order valence-corrected chi connectivity index (χ4v) is 4.31. The van der Waals surface area contributed by atoms with Gasteiger partial charge < -0.3 is 5.32 Å². The van der Waals surface area contributed by atoms with Gasteiger partial charge in [-0.05, 0) is 79.0 Å². The van der Waals surface area contributed by atoms with E-state index in [1.807, 2.05) is 63.3 Å². The molecule has 194 valence electrons. The van der Waals surface area contributed by atoms with Crippen LogP contribution in [0.3, 0.4) is 0 Å². The number of rotatable bonds is 7. The van der Waals surface area contributed by atoms with Gasteiger partial charge in [0.25, 0.3) is 0 Å². The molecule has 3 rings (SSSR count). The molecule has 2 aromatic carbocycles. The second kappa shape index (κ2) is 14.8. The van der Waals surface area contributed by atoms with E-state index < -0.39 is 0 Å². The lowest BCUT2D eigenvalue weighted by atomic mass is 9.70. The number of carbonyl (C=O) groups is 1. The summed E-state index contributed by atoms with van der Waals surface area (Å²) in [6.45, 7) is 15.0. The molecule has 0 saturated heterocycles.